The second-order valence-electron chi connectivity index (χ2n) is 7.06. The molecule has 1 aliphatic rings. The van der Waals surface area contributed by atoms with Gasteiger partial charge in [0.1, 0.15) is 0 Å². The van der Waals surface area contributed by atoms with Crippen LogP contribution in [0.3, 0.4) is 0 Å². The van der Waals surface area contributed by atoms with Gasteiger partial charge in [0.15, 0.2) is 11.5 Å². The van der Waals surface area contributed by atoms with Gasteiger partial charge in [0.05, 0.1) is 27.4 Å². The number of ether oxygens (including phenoxy) is 3. The van der Waals surface area contributed by atoms with Gasteiger partial charge in [0, 0.05) is 31.7 Å². The fourth-order valence-corrected chi connectivity index (χ4v) is 3.42. The fraction of sp³-hybridized carbons (Fsp3) is 0.435. The molecule has 1 heterocycles. The number of hydrogen-bond donors (Lipinski definition) is 1. The van der Waals surface area contributed by atoms with Crippen LogP contribution in [-0.4, -0.2) is 53.0 Å². The van der Waals surface area contributed by atoms with E-state index in [2.05, 4.69) is 34.5 Å². The molecule has 0 radical (unpaired) electrons. The zero-order chi connectivity index (χ0) is 20.5. The average Bonchev–Trinajstić information content (AvgIpc) is 2.78. The van der Waals surface area contributed by atoms with E-state index in [1.54, 1.807) is 14.2 Å². The first-order chi connectivity index (χ1) is 14.2. The van der Waals surface area contributed by atoms with Gasteiger partial charge in [0.2, 0.25) is 5.91 Å². The molecular weight excluding hydrogens is 368 g/mol. The van der Waals surface area contributed by atoms with Gasteiger partial charge in [0.25, 0.3) is 0 Å². The number of aryl methyl sites for hydroxylation is 1. The molecule has 1 fully saturated rings. The SMILES string of the molecule is COc1ccc(CCNC(=O)CCc2ccc(N3CCOCC3)cc2)cc1OC. The quantitative estimate of drug-likeness (QED) is 0.704. The van der Waals surface area contributed by atoms with E-state index in [4.69, 9.17) is 14.2 Å². The monoisotopic (exact) mass is 398 g/mol. The molecule has 0 saturated carbocycles. The van der Waals surface area contributed by atoms with Gasteiger partial charge in [-0.15, -0.1) is 0 Å². The van der Waals surface area contributed by atoms with Gasteiger partial charge in [-0.2, -0.15) is 0 Å². The van der Waals surface area contributed by atoms with E-state index in [9.17, 15) is 4.79 Å². The van der Waals surface area contributed by atoms with E-state index in [1.807, 2.05) is 18.2 Å². The standard InChI is InChI=1S/C23H30N2O4/c1-27-21-9-5-19(17-22(21)28-2)11-12-24-23(26)10-6-18-3-7-20(8-4-18)25-13-15-29-16-14-25/h3-5,7-9,17H,6,10-16H2,1-2H3,(H,24,26). The first kappa shape index (κ1) is 21.0. The minimum absolute atomic E-state index is 0.0720. The molecule has 0 aliphatic carbocycles. The summed E-state index contributed by atoms with van der Waals surface area (Å²) in [6.07, 6.45) is 1.98. The van der Waals surface area contributed by atoms with E-state index >= 15 is 0 Å². The molecule has 6 heteroatoms. The maximum absolute atomic E-state index is 12.2. The smallest absolute Gasteiger partial charge is 0.220 e. The maximum Gasteiger partial charge on any atom is 0.220 e. The molecule has 1 N–H and O–H groups in total. The van der Waals surface area contributed by atoms with Crippen molar-refractivity contribution in [3.63, 3.8) is 0 Å². The van der Waals surface area contributed by atoms with Crippen LogP contribution in [0.25, 0.3) is 0 Å². The predicted molar refractivity (Wildman–Crippen MR) is 114 cm³/mol. The minimum atomic E-state index is 0.0720. The molecule has 2 aromatic carbocycles. The summed E-state index contributed by atoms with van der Waals surface area (Å²) in [6.45, 7) is 4.03. The number of nitrogens with zero attached hydrogens (tertiary/aromatic N) is 1. The number of anilines is 1. The van der Waals surface area contributed by atoms with Crippen molar-refractivity contribution in [3.05, 3.63) is 53.6 Å². The Morgan fingerprint density at radius 1 is 0.966 bits per heavy atom. The van der Waals surface area contributed by atoms with E-state index in [-0.39, 0.29) is 5.91 Å². The number of morpholine rings is 1. The van der Waals surface area contributed by atoms with Crippen molar-refractivity contribution < 1.29 is 19.0 Å². The Balaban J connectivity index is 1.39. The van der Waals surface area contributed by atoms with Gasteiger partial charge in [-0.25, -0.2) is 0 Å². The number of benzene rings is 2. The van der Waals surface area contributed by atoms with Crippen LogP contribution in [-0.2, 0) is 22.4 Å². The van der Waals surface area contributed by atoms with Crippen LogP contribution in [0, 0.1) is 0 Å². The summed E-state index contributed by atoms with van der Waals surface area (Å²) in [5, 5.41) is 3.00. The third-order valence-corrected chi connectivity index (χ3v) is 5.14. The molecule has 29 heavy (non-hydrogen) atoms. The van der Waals surface area contributed by atoms with Crippen LogP contribution in [0.1, 0.15) is 17.5 Å². The molecular formula is C23H30N2O4. The highest BCUT2D eigenvalue weighted by Crippen LogP contribution is 2.27. The fourth-order valence-electron chi connectivity index (χ4n) is 3.42. The Morgan fingerprint density at radius 3 is 2.34 bits per heavy atom. The van der Waals surface area contributed by atoms with Crippen molar-refractivity contribution in [2.45, 2.75) is 19.3 Å². The van der Waals surface area contributed by atoms with Crippen LogP contribution in [0.15, 0.2) is 42.5 Å². The molecule has 1 saturated heterocycles. The Bertz CT molecular complexity index is 786. The number of hydrogen-bond acceptors (Lipinski definition) is 5. The molecule has 2 aromatic rings. The second kappa shape index (κ2) is 10.7. The summed E-state index contributed by atoms with van der Waals surface area (Å²) in [5.41, 5.74) is 3.50. The molecule has 1 amide bonds. The zero-order valence-corrected chi connectivity index (χ0v) is 17.3. The number of carbonyl (C=O) groups excluding carboxylic acids is 1. The van der Waals surface area contributed by atoms with Crippen LogP contribution >= 0.6 is 0 Å². The normalized spacial score (nSPS) is 13.8. The molecule has 6 nitrogen and oxygen atoms in total. The Kier molecular flexibility index (Phi) is 7.76. The number of amides is 1. The molecule has 1 aliphatic heterocycles. The summed E-state index contributed by atoms with van der Waals surface area (Å²) >= 11 is 0. The first-order valence-electron chi connectivity index (χ1n) is 10.1. The largest absolute Gasteiger partial charge is 0.493 e. The molecule has 0 unspecified atom stereocenters. The molecule has 156 valence electrons. The van der Waals surface area contributed by atoms with Crippen LogP contribution in [0.5, 0.6) is 11.5 Å². The van der Waals surface area contributed by atoms with Gasteiger partial charge < -0.3 is 24.4 Å². The van der Waals surface area contributed by atoms with Gasteiger partial charge in [-0.05, 0) is 48.2 Å². The molecule has 0 spiro atoms. The number of methoxy groups -OCH3 is 2. The summed E-state index contributed by atoms with van der Waals surface area (Å²) in [6, 6.07) is 14.3. The third kappa shape index (κ3) is 6.12. The van der Waals surface area contributed by atoms with Crippen molar-refractivity contribution in [2.75, 3.05) is 52.0 Å². The highest BCUT2D eigenvalue weighted by Gasteiger charge is 2.11. The zero-order valence-electron chi connectivity index (χ0n) is 17.3. The van der Waals surface area contributed by atoms with E-state index in [0.717, 1.165) is 44.7 Å². The second-order valence-corrected chi connectivity index (χ2v) is 7.06. The van der Waals surface area contributed by atoms with Gasteiger partial charge >= 0.3 is 0 Å². The van der Waals surface area contributed by atoms with Crippen molar-refractivity contribution in [2.24, 2.45) is 0 Å². The van der Waals surface area contributed by atoms with E-state index in [0.29, 0.717) is 24.5 Å². The van der Waals surface area contributed by atoms with Crippen molar-refractivity contribution in [1.29, 1.82) is 0 Å². The lowest BCUT2D eigenvalue weighted by atomic mass is 10.1. The lowest BCUT2D eigenvalue weighted by molar-refractivity contribution is -0.121. The number of nitrogens with one attached hydrogen (secondary N) is 1. The Hall–Kier alpha value is -2.73. The molecule has 0 bridgehead atoms. The van der Waals surface area contributed by atoms with E-state index in [1.165, 1.54) is 11.3 Å². The molecule has 0 atom stereocenters. The molecule has 0 aromatic heterocycles. The maximum atomic E-state index is 12.2. The third-order valence-electron chi connectivity index (χ3n) is 5.14. The Labute approximate surface area is 172 Å². The highest BCUT2D eigenvalue weighted by molar-refractivity contribution is 5.76. The summed E-state index contributed by atoms with van der Waals surface area (Å²) < 4.78 is 16.0. The lowest BCUT2D eigenvalue weighted by Crippen LogP contribution is -2.36. The summed E-state index contributed by atoms with van der Waals surface area (Å²) in [5.74, 6) is 1.49. The Morgan fingerprint density at radius 2 is 1.66 bits per heavy atom. The van der Waals surface area contributed by atoms with E-state index < -0.39 is 0 Å². The van der Waals surface area contributed by atoms with Crippen molar-refractivity contribution in [3.8, 4) is 11.5 Å². The van der Waals surface area contributed by atoms with Crippen LogP contribution < -0.4 is 19.7 Å². The summed E-state index contributed by atoms with van der Waals surface area (Å²) in [4.78, 5) is 14.5. The number of carbonyl (C=O) groups is 1. The highest BCUT2D eigenvalue weighted by atomic mass is 16.5. The molecule has 3 rings (SSSR count). The van der Waals surface area contributed by atoms with Gasteiger partial charge in [-0.3, -0.25) is 4.79 Å². The van der Waals surface area contributed by atoms with Gasteiger partial charge in [-0.1, -0.05) is 18.2 Å². The first-order valence-corrected chi connectivity index (χ1v) is 10.1. The average molecular weight is 399 g/mol. The van der Waals surface area contributed by atoms with Crippen LogP contribution in [0.2, 0.25) is 0 Å². The number of rotatable bonds is 9. The lowest BCUT2D eigenvalue weighted by Gasteiger charge is -2.28. The van der Waals surface area contributed by atoms with Crippen molar-refractivity contribution >= 4 is 11.6 Å². The summed E-state index contributed by atoms with van der Waals surface area (Å²) in [7, 11) is 3.24. The predicted octanol–water partition coefficient (Wildman–Crippen LogP) is 2.83. The minimum Gasteiger partial charge on any atom is -0.493 e. The van der Waals surface area contributed by atoms with Crippen LogP contribution in [0.4, 0.5) is 5.69 Å². The van der Waals surface area contributed by atoms with Crippen molar-refractivity contribution in [1.82, 2.24) is 5.32 Å². The topological polar surface area (TPSA) is 60.0 Å².